The molecule has 1 N–H and O–H groups in total. The molecule has 3 atom stereocenters. The van der Waals surface area contributed by atoms with Crippen molar-refractivity contribution in [1.82, 2.24) is 14.5 Å². The summed E-state index contributed by atoms with van der Waals surface area (Å²) in [5, 5.41) is 2.89. The zero-order chi connectivity index (χ0) is 27.8. The van der Waals surface area contributed by atoms with Crippen molar-refractivity contribution >= 4 is 27.6 Å². The SMILES string of the molecule is CC(C)C[C@H](NC(=O)c1ccc(C(C)(C)C)cc1)C(=O)N1CCC2[C@H]1C(=O)CN2S(=O)(=O)c1ccccc1. The average molecular weight is 540 g/mol. The monoisotopic (exact) mass is 539 g/mol. The second-order valence-corrected chi connectivity index (χ2v) is 13.5. The summed E-state index contributed by atoms with van der Waals surface area (Å²) in [7, 11) is -3.88. The fraction of sp³-hybridized carbons (Fsp3) is 0.483. The first-order chi connectivity index (χ1) is 17.8. The summed E-state index contributed by atoms with van der Waals surface area (Å²) in [6.45, 7) is 10.2. The molecule has 2 amide bonds. The predicted molar refractivity (Wildman–Crippen MR) is 145 cm³/mol. The zero-order valence-corrected chi connectivity index (χ0v) is 23.5. The molecule has 0 bridgehead atoms. The third kappa shape index (κ3) is 5.54. The van der Waals surface area contributed by atoms with Crippen LogP contribution in [0.4, 0.5) is 0 Å². The molecule has 0 saturated carbocycles. The Morgan fingerprint density at radius 1 is 1.03 bits per heavy atom. The highest BCUT2D eigenvalue weighted by Gasteiger charge is 2.54. The predicted octanol–water partition coefficient (Wildman–Crippen LogP) is 3.37. The van der Waals surface area contributed by atoms with Crippen molar-refractivity contribution in [2.45, 2.75) is 75.9 Å². The summed E-state index contributed by atoms with van der Waals surface area (Å²) in [6, 6.07) is 13.1. The number of Topliss-reactive ketones (excluding diaryl/α,β-unsaturated/α-hetero) is 1. The third-order valence-corrected chi connectivity index (χ3v) is 9.22. The minimum Gasteiger partial charge on any atom is -0.340 e. The van der Waals surface area contributed by atoms with E-state index in [9.17, 15) is 22.8 Å². The number of rotatable bonds is 7. The molecule has 204 valence electrons. The van der Waals surface area contributed by atoms with E-state index < -0.39 is 28.1 Å². The summed E-state index contributed by atoms with van der Waals surface area (Å²) in [4.78, 5) is 41.5. The maximum atomic E-state index is 13.7. The Morgan fingerprint density at radius 3 is 2.24 bits per heavy atom. The van der Waals surface area contributed by atoms with Crippen molar-refractivity contribution < 1.29 is 22.8 Å². The van der Waals surface area contributed by atoms with Crippen molar-refractivity contribution in [3.8, 4) is 0 Å². The Morgan fingerprint density at radius 2 is 1.66 bits per heavy atom. The van der Waals surface area contributed by atoms with Crippen molar-refractivity contribution in [3.63, 3.8) is 0 Å². The lowest BCUT2D eigenvalue weighted by molar-refractivity contribution is -0.138. The Labute approximate surface area is 225 Å². The molecule has 1 unspecified atom stereocenters. The Kier molecular flexibility index (Phi) is 7.81. The number of carbonyl (C=O) groups is 3. The van der Waals surface area contributed by atoms with Gasteiger partial charge in [-0.3, -0.25) is 14.4 Å². The number of nitrogens with zero attached hydrogens (tertiary/aromatic N) is 2. The highest BCUT2D eigenvalue weighted by Crippen LogP contribution is 2.34. The zero-order valence-electron chi connectivity index (χ0n) is 22.7. The molecule has 2 aromatic rings. The molecular weight excluding hydrogens is 502 g/mol. The molecule has 2 saturated heterocycles. The topological polar surface area (TPSA) is 104 Å². The molecule has 0 aromatic heterocycles. The number of carbonyl (C=O) groups excluding carboxylic acids is 3. The summed E-state index contributed by atoms with van der Waals surface area (Å²) >= 11 is 0. The standard InChI is InChI=1S/C29H37N3O5S/c1-19(2)17-23(30-27(34)20-11-13-21(14-12-20)29(3,4)5)28(35)31-16-15-24-26(31)25(33)18-32(24)38(36,37)22-9-7-6-8-10-22/h6-14,19,23-24,26H,15-18H2,1-5H3,(H,30,34)/t23-,24?,26-/m0/s1. The molecule has 2 fully saturated rings. The van der Waals surface area contributed by atoms with Crippen LogP contribution in [0.3, 0.4) is 0 Å². The molecule has 9 heteroatoms. The lowest BCUT2D eigenvalue weighted by Gasteiger charge is -2.29. The van der Waals surface area contributed by atoms with Gasteiger partial charge in [-0.2, -0.15) is 4.31 Å². The van der Waals surface area contributed by atoms with Gasteiger partial charge in [-0.1, -0.05) is 65.0 Å². The largest absolute Gasteiger partial charge is 0.340 e. The average Bonchev–Trinajstić information content (AvgIpc) is 3.44. The van der Waals surface area contributed by atoms with Crippen LogP contribution in [0.15, 0.2) is 59.5 Å². The second-order valence-electron chi connectivity index (χ2n) is 11.6. The van der Waals surface area contributed by atoms with Gasteiger partial charge in [0.05, 0.1) is 17.5 Å². The van der Waals surface area contributed by atoms with Crippen molar-refractivity contribution in [2.24, 2.45) is 5.92 Å². The minimum atomic E-state index is -3.88. The van der Waals surface area contributed by atoms with E-state index in [1.165, 1.54) is 21.3 Å². The van der Waals surface area contributed by atoms with E-state index in [4.69, 9.17) is 0 Å². The number of hydrogen-bond donors (Lipinski definition) is 1. The Balaban J connectivity index is 1.53. The summed E-state index contributed by atoms with van der Waals surface area (Å²) < 4.78 is 27.8. The number of nitrogens with one attached hydrogen (secondary N) is 1. The molecule has 0 spiro atoms. The second kappa shape index (κ2) is 10.6. The first-order valence-corrected chi connectivity index (χ1v) is 14.6. The summed E-state index contributed by atoms with van der Waals surface area (Å²) in [6.07, 6.45) is 0.767. The van der Waals surface area contributed by atoms with Crippen LogP contribution >= 0.6 is 0 Å². The number of ketones is 1. The fourth-order valence-electron chi connectivity index (χ4n) is 5.32. The van der Waals surface area contributed by atoms with Crippen LogP contribution in [0, 0.1) is 5.92 Å². The van der Waals surface area contributed by atoms with Gasteiger partial charge in [0.1, 0.15) is 12.1 Å². The van der Waals surface area contributed by atoms with Gasteiger partial charge in [-0.15, -0.1) is 0 Å². The van der Waals surface area contributed by atoms with Crippen LogP contribution in [0.25, 0.3) is 0 Å². The Hall–Kier alpha value is -3.04. The Bertz CT molecular complexity index is 1300. The lowest BCUT2D eigenvalue weighted by Crippen LogP contribution is -2.53. The van der Waals surface area contributed by atoms with Gasteiger partial charge in [0.15, 0.2) is 5.78 Å². The summed E-state index contributed by atoms with van der Waals surface area (Å²) in [5.41, 5.74) is 1.50. The normalized spacial score (nSPS) is 21.0. The van der Waals surface area contributed by atoms with E-state index in [1.807, 2.05) is 26.0 Å². The quantitative estimate of drug-likeness (QED) is 0.581. The smallest absolute Gasteiger partial charge is 0.251 e. The van der Waals surface area contributed by atoms with Gasteiger partial charge in [0, 0.05) is 12.1 Å². The van der Waals surface area contributed by atoms with E-state index in [0.29, 0.717) is 18.4 Å². The van der Waals surface area contributed by atoms with E-state index >= 15 is 0 Å². The van der Waals surface area contributed by atoms with Gasteiger partial charge < -0.3 is 10.2 Å². The number of likely N-dealkylation sites (tertiary alicyclic amines) is 1. The molecule has 2 aliphatic rings. The fourth-order valence-corrected chi connectivity index (χ4v) is 6.97. The number of fused-ring (bicyclic) bond motifs is 1. The van der Waals surface area contributed by atoms with Crippen LogP contribution < -0.4 is 5.32 Å². The lowest BCUT2D eigenvalue weighted by atomic mass is 9.86. The van der Waals surface area contributed by atoms with Gasteiger partial charge in [-0.25, -0.2) is 8.42 Å². The first kappa shape index (κ1) is 28.0. The molecule has 2 aliphatic heterocycles. The number of amides is 2. The molecular formula is C29H37N3O5S. The van der Waals surface area contributed by atoms with Crippen LogP contribution in [0.2, 0.25) is 0 Å². The number of sulfonamides is 1. The molecule has 4 rings (SSSR count). The first-order valence-electron chi connectivity index (χ1n) is 13.1. The maximum absolute atomic E-state index is 13.7. The van der Waals surface area contributed by atoms with E-state index in [0.717, 1.165) is 5.56 Å². The van der Waals surface area contributed by atoms with E-state index in [2.05, 4.69) is 26.1 Å². The molecule has 8 nitrogen and oxygen atoms in total. The molecule has 38 heavy (non-hydrogen) atoms. The van der Waals surface area contributed by atoms with Crippen LogP contribution in [-0.4, -0.2) is 66.4 Å². The van der Waals surface area contributed by atoms with E-state index in [-0.39, 0.29) is 46.9 Å². The summed E-state index contributed by atoms with van der Waals surface area (Å²) in [5.74, 6) is -0.891. The molecule has 0 radical (unpaired) electrons. The third-order valence-electron chi connectivity index (χ3n) is 7.33. The molecule has 0 aliphatic carbocycles. The van der Waals surface area contributed by atoms with Crippen LogP contribution in [-0.2, 0) is 25.0 Å². The van der Waals surface area contributed by atoms with Gasteiger partial charge >= 0.3 is 0 Å². The number of hydrogen-bond acceptors (Lipinski definition) is 5. The van der Waals surface area contributed by atoms with Gasteiger partial charge in [-0.05, 0) is 54.0 Å². The number of benzene rings is 2. The highest BCUT2D eigenvalue weighted by atomic mass is 32.2. The molecule has 2 heterocycles. The van der Waals surface area contributed by atoms with Crippen molar-refractivity contribution in [1.29, 1.82) is 0 Å². The van der Waals surface area contributed by atoms with Crippen molar-refractivity contribution in [3.05, 3.63) is 65.7 Å². The minimum absolute atomic E-state index is 0.0485. The maximum Gasteiger partial charge on any atom is 0.251 e. The van der Waals surface area contributed by atoms with Crippen molar-refractivity contribution in [2.75, 3.05) is 13.1 Å². The van der Waals surface area contributed by atoms with Gasteiger partial charge in [0.2, 0.25) is 15.9 Å². The van der Waals surface area contributed by atoms with Crippen LogP contribution in [0.1, 0.15) is 63.4 Å². The van der Waals surface area contributed by atoms with Gasteiger partial charge in [0.25, 0.3) is 5.91 Å². The van der Waals surface area contributed by atoms with E-state index in [1.54, 1.807) is 30.3 Å². The highest BCUT2D eigenvalue weighted by molar-refractivity contribution is 7.89. The molecule has 2 aromatic carbocycles. The van der Waals surface area contributed by atoms with Crippen LogP contribution in [0.5, 0.6) is 0 Å².